The van der Waals surface area contributed by atoms with Gasteiger partial charge in [0.1, 0.15) is 0 Å². The fourth-order valence-corrected chi connectivity index (χ4v) is 2.24. The molecular formula is C20H25NO2. The van der Waals surface area contributed by atoms with Crippen molar-refractivity contribution in [2.24, 2.45) is 5.92 Å². The van der Waals surface area contributed by atoms with Gasteiger partial charge in [0.2, 0.25) is 0 Å². The topological polar surface area (TPSA) is 38.3 Å². The Kier molecular flexibility index (Phi) is 6.82. The van der Waals surface area contributed by atoms with E-state index in [1.165, 1.54) is 0 Å². The maximum Gasteiger partial charge on any atom is 0.251 e. The summed E-state index contributed by atoms with van der Waals surface area (Å²) in [5.41, 5.74) is 2.96. The van der Waals surface area contributed by atoms with Gasteiger partial charge in [-0.25, -0.2) is 0 Å². The monoisotopic (exact) mass is 311 g/mol. The molecule has 2 aromatic carbocycles. The molecule has 0 saturated carbocycles. The summed E-state index contributed by atoms with van der Waals surface area (Å²) >= 11 is 0. The molecule has 0 atom stereocenters. The van der Waals surface area contributed by atoms with E-state index in [1.54, 1.807) is 0 Å². The summed E-state index contributed by atoms with van der Waals surface area (Å²) in [4.78, 5) is 12.1. The number of hydrogen-bond acceptors (Lipinski definition) is 2. The van der Waals surface area contributed by atoms with Crippen molar-refractivity contribution in [2.75, 3.05) is 19.8 Å². The minimum atomic E-state index is -0.0338. The van der Waals surface area contributed by atoms with E-state index in [2.05, 4.69) is 31.3 Å². The number of amides is 1. The third kappa shape index (κ3) is 5.87. The molecule has 0 radical (unpaired) electrons. The number of ether oxygens (including phenoxy) is 1. The zero-order valence-electron chi connectivity index (χ0n) is 13.9. The molecule has 23 heavy (non-hydrogen) atoms. The highest BCUT2D eigenvalue weighted by molar-refractivity contribution is 5.94. The minimum absolute atomic E-state index is 0.0338. The van der Waals surface area contributed by atoms with Gasteiger partial charge in [-0.2, -0.15) is 0 Å². The summed E-state index contributed by atoms with van der Waals surface area (Å²) in [6.07, 6.45) is 0.834. The van der Waals surface area contributed by atoms with E-state index in [9.17, 15) is 4.79 Å². The van der Waals surface area contributed by atoms with Crippen LogP contribution in [0.3, 0.4) is 0 Å². The second kappa shape index (κ2) is 9.11. The number of nitrogens with one attached hydrogen (secondary N) is 1. The molecule has 0 heterocycles. The average Bonchev–Trinajstić information content (AvgIpc) is 2.58. The smallest absolute Gasteiger partial charge is 0.251 e. The Bertz CT molecular complexity index is 591. The first-order valence-corrected chi connectivity index (χ1v) is 8.18. The van der Waals surface area contributed by atoms with Gasteiger partial charge in [-0.1, -0.05) is 56.3 Å². The molecule has 122 valence electrons. The Balaban J connectivity index is 1.77. The lowest BCUT2D eigenvalue weighted by Gasteiger charge is -2.08. The van der Waals surface area contributed by atoms with E-state index in [4.69, 9.17) is 4.74 Å². The molecule has 0 aliphatic rings. The first-order chi connectivity index (χ1) is 11.2. The van der Waals surface area contributed by atoms with Crippen molar-refractivity contribution in [3.8, 4) is 11.1 Å². The number of benzene rings is 2. The number of carbonyl (C=O) groups is 1. The molecule has 3 heteroatoms. The number of hydrogen-bond donors (Lipinski definition) is 1. The maximum atomic E-state index is 12.1. The lowest BCUT2D eigenvalue weighted by Crippen LogP contribution is -2.25. The number of rotatable bonds is 8. The zero-order valence-corrected chi connectivity index (χ0v) is 13.9. The molecule has 0 aliphatic heterocycles. The summed E-state index contributed by atoms with van der Waals surface area (Å²) in [5.74, 6) is 0.515. The van der Waals surface area contributed by atoms with Crippen LogP contribution in [0.4, 0.5) is 0 Å². The Morgan fingerprint density at radius 1 is 1.00 bits per heavy atom. The van der Waals surface area contributed by atoms with Crippen molar-refractivity contribution in [1.29, 1.82) is 0 Å². The minimum Gasteiger partial charge on any atom is -0.381 e. The van der Waals surface area contributed by atoms with Crippen LogP contribution in [-0.4, -0.2) is 25.7 Å². The molecule has 0 aliphatic carbocycles. The largest absolute Gasteiger partial charge is 0.381 e. The lowest BCUT2D eigenvalue weighted by atomic mass is 10.0. The normalized spacial score (nSPS) is 10.7. The Morgan fingerprint density at radius 3 is 2.30 bits per heavy atom. The quantitative estimate of drug-likeness (QED) is 0.744. The Labute approximate surface area is 138 Å². The third-order valence-corrected chi connectivity index (χ3v) is 3.46. The Morgan fingerprint density at radius 2 is 1.65 bits per heavy atom. The molecule has 0 aromatic heterocycles. The fraction of sp³-hybridized carbons (Fsp3) is 0.350. The van der Waals surface area contributed by atoms with Crippen molar-refractivity contribution in [3.63, 3.8) is 0 Å². The Hall–Kier alpha value is -2.13. The molecule has 0 fully saturated rings. The van der Waals surface area contributed by atoms with Crippen LogP contribution in [0.1, 0.15) is 30.6 Å². The van der Waals surface area contributed by atoms with E-state index in [1.807, 2.05) is 42.5 Å². The summed E-state index contributed by atoms with van der Waals surface area (Å²) in [6.45, 7) is 6.35. The molecule has 2 rings (SSSR count). The van der Waals surface area contributed by atoms with Crippen molar-refractivity contribution in [1.82, 2.24) is 5.32 Å². The second-order valence-corrected chi connectivity index (χ2v) is 6.02. The molecule has 3 nitrogen and oxygen atoms in total. The van der Waals surface area contributed by atoms with Gasteiger partial charge in [0, 0.05) is 25.3 Å². The van der Waals surface area contributed by atoms with Gasteiger partial charge in [0.05, 0.1) is 0 Å². The molecule has 0 bridgehead atoms. The van der Waals surface area contributed by atoms with Crippen LogP contribution in [-0.2, 0) is 4.74 Å². The van der Waals surface area contributed by atoms with Gasteiger partial charge in [-0.3, -0.25) is 4.79 Å². The molecule has 1 N–H and O–H groups in total. The van der Waals surface area contributed by atoms with E-state index in [0.717, 1.165) is 24.2 Å². The first kappa shape index (κ1) is 17.2. The van der Waals surface area contributed by atoms with Crippen LogP contribution in [0.5, 0.6) is 0 Å². The average molecular weight is 311 g/mol. The summed E-state index contributed by atoms with van der Waals surface area (Å²) < 4.78 is 5.50. The van der Waals surface area contributed by atoms with Crippen molar-refractivity contribution >= 4 is 5.91 Å². The lowest BCUT2D eigenvalue weighted by molar-refractivity contribution is 0.0925. The van der Waals surface area contributed by atoms with Gasteiger partial charge < -0.3 is 10.1 Å². The standard InChI is InChI=1S/C20H25NO2/c1-16(2)15-23-14-6-13-21-20(22)19-11-9-18(10-12-19)17-7-4-3-5-8-17/h3-5,7-12,16H,6,13-15H2,1-2H3,(H,21,22). The van der Waals surface area contributed by atoms with Gasteiger partial charge in [0.15, 0.2) is 0 Å². The molecule has 0 unspecified atom stereocenters. The molecule has 0 saturated heterocycles. The second-order valence-electron chi connectivity index (χ2n) is 6.02. The summed E-state index contributed by atoms with van der Waals surface area (Å²) in [6, 6.07) is 17.8. The van der Waals surface area contributed by atoms with E-state index < -0.39 is 0 Å². The van der Waals surface area contributed by atoms with E-state index in [0.29, 0.717) is 24.6 Å². The van der Waals surface area contributed by atoms with Crippen LogP contribution in [0.25, 0.3) is 11.1 Å². The summed E-state index contributed by atoms with van der Waals surface area (Å²) in [7, 11) is 0. The SMILES string of the molecule is CC(C)COCCCNC(=O)c1ccc(-c2ccccc2)cc1. The fourth-order valence-electron chi connectivity index (χ4n) is 2.24. The van der Waals surface area contributed by atoms with Crippen LogP contribution in [0.15, 0.2) is 54.6 Å². The van der Waals surface area contributed by atoms with Crippen LogP contribution < -0.4 is 5.32 Å². The predicted octanol–water partition coefficient (Wildman–Crippen LogP) is 4.15. The van der Waals surface area contributed by atoms with Gasteiger partial charge in [-0.05, 0) is 35.6 Å². The van der Waals surface area contributed by atoms with Gasteiger partial charge in [0.25, 0.3) is 5.91 Å². The van der Waals surface area contributed by atoms with Crippen molar-refractivity contribution < 1.29 is 9.53 Å². The maximum absolute atomic E-state index is 12.1. The van der Waals surface area contributed by atoms with Crippen LogP contribution in [0.2, 0.25) is 0 Å². The summed E-state index contributed by atoms with van der Waals surface area (Å²) in [5, 5.41) is 2.93. The highest BCUT2D eigenvalue weighted by Crippen LogP contribution is 2.19. The van der Waals surface area contributed by atoms with Crippen LogP contribution >= 0.6 is 0 Å². The highest BCUT2D eigenvalue weighted by atomic mass is 16.5. The highest BCUT2D eigenvalue weighted by Gasteiger charge is 2.05. The van der Waals surface area contributed by atoms with Gasteiger partial charge >= 0.3 is 0 Å². The molecule has 0 spiro atoms. The van der Waals surface area contributed by atoms with Crippen LogP contribution in [0, 0.1) is 5.92 Å². The first-order valence-electron chi connectivity index (χ1n) is 8.18. The molecule has 2 aromatic rings. The van der Waals surface area contributed by atoms with Crippen molar-refractivity contribution in [3.05, 3.63) is 60.2 Å². The molecule has 1 amide bonds. The zero-order chi connectivity index (χ0) is 16.5. The predicted molar refractivity (Wildman–Crippen MR) is 94.5 cm³/mol. The van der Waals surface area contributed by atoms with E-state index in [-0.39, 0.29) is 5.91 Å². The van der Waals surface area contributed by atoms with E-state index >= 15 is 0 Å². The van der Waals surface area contributed by atoms with Gasteiger partial charge in [-0.15, -0.1) is 0 Å². The van der Waals surface area contributed by atoms with Crippen molar-refractivity contribution in [2.45, 2.75) is 20.3 Å². The molecular weight excluding hydrogens is 286 g/mol. The third-order valence-electron chi connectivity index (χ3n) is 3.46. The number of carbonyl (C=O) groups excluding carboxylic acids is 1.